The topological polar surface area (TPSA) is 77.6 Å². The first-order valence-corrected chi connectivity index (χ1v) is 11.5. The van der Waals surface area contributed by atoms with E-state index in [-0.39, 0.29) is 5.91 Å². The minimum Gasteiger partial charge on any atom is -0.305 e. The standard InChI is InChI=1S/C25H20Cl2N6O/c1-2-32-14-16(13-28-32)23-12-18(17-6-3-4-9-22(17)29-23)25(34)30-24-10-11-33(31-24)15-19-20(26)7-5-8-21(19)27/h3-14H,2,15H2,1H3,(H,30,31,34). The number of fused-ring (bicyclic) bond motifs is 1. The van der Waals surface area contributed by atoms with Crippen LogP contribution in [0.25, 0.3) is 22.2 Å². The number of rotatable bonds is 6. The van der Waals surface area contributed by atoms with Gasteiger partial charge in [-0.2, -0.15) is 10.2 Å². The lowest BCUT2D eigenvalue weighted by molar-refractivity contribution is 0.102. The third kappa shape index (κ3) is 4.40. The Morgan fingerprint density at radius 2 is 1.82 bits per heavy atom. The van der Waals surface area contributed by atoms with E-state index >= 15 is 0 Å². The molecule has 0 saturated carbocycles. The Morgan fingerprint density at radius 3 is 2.59 bits per heavy atom. The molecular formula is C25H20Cl2N6O. The van der Waals surface area contributed by atoms with Gasteiger partial charge in [-0.3, -0.25) is 14.2 Å². The minimum atomic E-state index is -0.274. The molecule has 0 atom stereocenters. The van der Waals surface area contributed by atoms with Crippen molar-refractivity contribution in [1.82, 2.24) is 24.5 Å². The van der Waals surface area contributed by atoms with E-state index in [4.69, 9.17) is 28.2 Å². The van der Waals surface area contributed by atoms with Gasteiger partial charge >= 0.3 is 0 Å². The van der Waals surface area contributed by atoms with Crippen LogP contribution in [0.3, 0.4) is 0 Å². The molecule has 7 nitrogen and oxygen atoms in total. The largest absolute Gasteiger partial charge is 0.305 e. The van der Waals surface area contributed by atoms with Gasteiger partial charge in [-0.05, 0) is 31.2 Å². The van der Waals surface area contributed by atoms with Crippen LogP contribution >= 0.6 is 23.2 Å². The van der Waals surface area contributed by atoms with E-state index in [0.717, 1.165) is 28.6 Å². The summed E-state index contributed by atoms with van der Waals surface area (Å²) in [4.78, 5) is 18.0. The SMILES string of the molecule is CCn1cc(-c2cc(C(=O)Nc3ccn(Cc4c(Cl)cccc4Cl)n3)c3ccccc3n2)cn1. The van der Waals surface area contributed by atoms with Gasteiger partial charge in [0.1, 0.15) is 0 Å². The van der Waals surface area contributed by atoms with Crippen LogP contribution in [0.5, 0.6) is 0 Å². The second-order valence-corrected chi connectivity index (χ2v) is 8.52. The molecular weight excluding hydrogens is 471 g/mol. The maximum Gasteiger partial charge on any atom is 0.257 e. The maximum atomic E-state index is 13.3. The number of halogens is 2. The predicted octanol–water partition coefficient (Wildman–Crippen LogP) is 5.92. The lowest BCUT2D eigenvalue weighted by Crippen LogP contribution is -2.14. The fourth-order valence-corrected chi connectivity index (χ4v) is 4.24. The smallest absolute Gasteiger partial charge is 0.257 e. The van der Waals surface area contributed by atoms with Crippen molar-refractivity contribution >= 4 is 45.8 Å². The molecule has 0 aliphatic rings. The fraction of sp³-hybridized carbons (Fsp3) is 0.120. The van der Waals surface area contributed by atoms with E-state index in [1.807, 2.05) is 42.1 Å². The molecule has 0 fully saturated rings. The van der Waals surface area contributed by atoms with Crippen LogP contribution in [0.2, 0.25) is 10.0 Å². The number of aromatic nitrogens is 5. The highest BCUT2D eigenvalue weighted by atomic mass is 35.5. The monoisotopic (exact) mass is 490 g/mol. The first-order valence-electron chi connectivity index (χ1n) is 10.7. The van der Waals surface area contributed by atoms with Crippen molar-refractivity contribution in [2.24, 2.45) is 0 Å². The molecule has 0 unspecified atom stereocenters. The number of amides is 1. The molecule has 5 aromatic rings. The van der Waals surface area contributed by atoms with Gasteiger partial charge in [-0.1, -0.05) is 47.5 Å². The van der Waals surface area contributed by atoms with Crippen LogP contribution in [0.1, 0.15) is 22.8 Å². The number of para-hydroxylation sites is 1. The van der Waals surface area contributed by atoms with Gasteiger partial charge in [0.25, 0.3) is 5.91 Å². The fourth-order valence-electron chi connectivity index (χ4n) is 3.73. The zero-order valence-corrected chi connectivity index (χ0v) is 19.8. The molecule has 0 saturated heterocycles. The first kappa shape index (κ1) is 22.1. The molecule has 1 amide bonds. The summed E-state index contributed by atoms with van der Waals surface area (Å²) in [6, 6.07) is 16.4. The number of carbonyl (C=O) groups is 1. The molecule has 34 heavy (non-hydrogen) atoms. The minimum absolute atomic E-state index is 0.274. The Morgan fingerprint density at radius 1 is 1.03 bits per heavy atom. The second-order valence-electron chi connectivity index (χ2n) is 7.71. The third-order valence-electron chi connectivity index (χ3n) is 5.48. The van der Waals surface area contributed by atoms with Crippen molar-refractivity contribution < 1.29 is 4.79 Å². The van der Waals surface area contributed by atoms with Crippen molar-refractivity contribution in [2.45, 2.75) is 20.0 Å². The molecule has 9 heteroatoms. The number of anilines is 1. The van der Waals surface area contributed by atoms with Crippen LogP contribution < -0.4 is 5.32 Å². The number of nitrogens with one attached hydrogen (secondary N) is 1. The molecule has 0 spiro atoms. The van der Waals surface area contributed by atoms with Crippen LogP contribution in [0.15, 0.2) is 73.2 Å². The molecule has 3 aromatic heterocycles. The van der Waals surface area contributed by atoms with Gasteiger partial charge in [-0.15, -0.1) is 0 Å². The Labute approximate surface area is 205 Å². The van der Waals surface area contributed by atoms with Crippen LogP contribution in [0.4, 0.5) is 5.82 Å². The highest BCUT2D eigenvalue weighted by Gasteiger charge is 2.16. The summed E-state index contributed by atoms with van der Waals surface area (Å²) in [7, 11) is 0. The van der Waals surface area contributed by atoms with Crippen LogP contribution in [-0.4, -0.2) is 30.5 Å². The van der Waals surface area contributed by atoms with E-state index in [1.54, 1.807) is 47.4 Å². The van der Waals surface area contributed by atoms with Gasteiger partial charge < -0.3 is 5.32 Å². The van der Waals surface area contributed by atoms with Gasteiger partial charge in [-0.25, -0.2) is 4.98 Å². The average Bonchev–Trinajstić information content (AvgIpc) is 3.50. The van der Waals surface area contributed by atoms with E-state index in [0.29, 0.717) is 33.7 Å². The summed E-state index contributed by atoms with van der Waals surface area (Å²) in [6.45, 7) is 3.16. The summed E-state index contributed by atoms with van der Waals surface area (Å²) in [5, 5.41) is 13.6. The van der Waals surface area contributed by atoms with Gasteiger partial charge in [0.15, 0.2) is 5.82 Å². The lowest BCUT2D eigenvalue weighted by atomic mass is 10.0. The summed E-state index contributed by atoms with van der Waals surface area (Å²) >= 11 is 12.6. The van der Waals surface area contributed by atoms with Crippen LogP contribution in [-0.2, 0) is 13.1 Å². The van der Waals surface area contributed by atoms with Crippen molar-refractivity contribution in [1.29, 1.82) is 0 Å². The van der Waals surface area contributed by atoms with E-state index < -0.39 is 0 Å². The Kier molecular flexibility index (Phi) is 6.04. The zero-order chi connectivity index (χ0) is 23.7. The molecule has 0 bridgehead atoms. The summed E-state index contributed by atoms with van der Waals surface area (Å²) in [5.74, 6) is 0.151. The number of carbonyl (C=O) groups excluding carboxylic acids is 1. The lowest BCUT2D eigenvalue weighted by Gasteiger charge is -2.09. The third-order valence-corrected chi connectivity index (χ3v) is 6.19. The van der Waals surface area contributed by atoms with Crippen molar-refractivity contribution in [3.05, 3.63) is 94.4 Å². The molecule has 0 aliphatic carbocycles. The highest BCUT2D eigenvalue weighted by Crippen LogP contribution is 2.27. The first-order chi connectivity index (χ1) is 16.5. The van der Waals surface area contributed by atoms with Gasteiger partial charge in [0.2, 0.25) is 0 Å². The van der Waals surface area contributed by atoms with Gasteiger partial charge in [0.05, 0.1) is 29.5 Å². The van der Waals surface area contributed by atoms with Crippen molar-refractivity contribution in [3.63, 3.8) is 0 Å². The van der Waals surface area contributed by atoms with Crippen LogP contribution in [0, 0.1) is 0 Å². The molecule has 170 valence electrons. The second kappa shape index (κ2) is 9.29. The normalized spacial score (nSPS) is 11.1. The van der Waals surface area contributed by atoms with Gasteiger partial charge in [0, 0.05) is 51.6 Å². The number of benzene rings is 2. The molecule has 0 aliphatic heterocycles. The van der Waals surface area contributed by atoms with E-state index in [2.05, 4.69) is 15.5 Å². The summed E-state index contributed by atoms with van der Waals surface area (Å²) in [6.07, 6.45) is 5.44. The summed E-state index contributed by atoms with van der Waals surface area (Å²) in [5.41, 5.74) is 3.54. The number of hydrogen-bond donors (Lipinski definition) is 1. The van der Waals surface area contributed by atoms with E-state index in [9.17, 15) is 4.79 Å². The molecule has 0 radical (unpaired) electrons. The number of nitrogens with zero attached hydrogens (tertiary/aromatic N) is 5. The zero-order valence-electron chi connectivity index (χ0n) is 18.2. The molecule has 3 heterocycles. The predicted molar refractivity (Wildman–Crippen MR) is 134 cm³/mol. The van der Waals surface area contributed by atoms with E-state index in [1.165, 1.54) is 0 Å². The maximum absolute atomic E-state index is 13.3. The quantitative estimate of drug-likeness (QED) is 0.320. The Balaban J connectivity index is 1.44. The average molecular weight is 491 g/mol. The number of aryl methyl sites for hydroxylation is 1. The highest BCUT2D eigenvalue weighted by molar-refractivity contribution is 6.36. The number of pyridine rings is 1. The van der Waals surface area contributed by atoms with Crippen molar-refractivity contribution in [3.8, 4) is 11.3 Å². The molecule has 2 aromatic carbocycles. The Bertz CT molecular complexity index is 1490. The summed E-state index contributed by atoms with van der Waals surface area (Å²) < 4.78 is 3.50. The molecule has 1 N–H and O–H groups in total. The number of hydrogen-bond acceptors (Lipinski definition) is 4. The molecule has 5 rings (SSSR count). The van der Waals surface area contributed by atoms with Crippen molar-refractivity contribution in [2.75, 3.05) is 5.32 Å². The Hall–Kier alpha value is -3.68.